The molecule has 1 saturated carbocycles. The third kappa shape index (κ3) is 4.03. The smallest absolute Gasteiger partial charge is 0.152 e. The average Bonchev–Trinajstić information content (AvgIpc) is 2.17. The van der Waals surface area contributed by atoms with Crippen molar-refractivity contribution in [2.75, 3.05) is 0 Å². The summed E-state index contributed by atoms with van der Waals surface area (Å²) in [5, 5.41) is 0. The van der Waals surface area contributed by atoms with Crippen molar-refractivity contribution in [2.24, 2.45) is 11.8 Å². The highest BCUT2D eigenvalue weighted by Crippen LogP contribution is 2.34. The van der Waals surface area contributed by atoms with Crippen LogP contribution in [-0.2, 0) is 4.79 Å². The number of carbonyl (C=O) groups is 1. The molecule has 84 valence electrons. The summed E-state index contributed by atoms with van der Waals surface area (Å²) in [6.45, 7) is 6.12. The van der Waals surface area contributed by atoms with Crippen LogP contribution in [0.1, 0.15) is 46.5 Å². The maximum atomic E-state index is 10.7. The van der Waals surface area contributed by atoms with E-state index in [9.17, 15) is 4.79 Å². The molecule has 0 aromatic rings. The Kier molecular flexibility index (Phi) is 4.80. The monoisotopic (exact) mass is 206 g/mol. The molecule has 1 rings (SSSR count). The Morgan fingerprint density at radius 2 is 1.87 bits per heavy atom. The molecule has 0 heterocycles. The van der Waals surface area contributed by atoms with Crippen molar-refractivity contribution in [3.8, 4) is 0 Å². The van der Waals surface area contributed by atoms with E-state index in [1.165, 1.54) is 31.3 Å². The van der Waals surface area contributed by atoms with Crippen LogP contribution in [0.2, 0.25) is 0 Å². The van der Waals surface area contributed by atoms with Gasteiger partial charge < -0.3 is 0 Å². The highest BCUT2D eigenvalue weighted by molar-refractivity contribution is 5.87. The van der Waals surface area contributed by atoms with Crippen molar-refractivity contribution in [2.45, 2.75) is 46.5 Å². The zero-order valence-corrected chi connectivity index (χ0v) is 10.1. The third-order valence-electron chi connectivity index (χ3n) is 3.39. The van der Waals surface area contributed by atoms with E-state index >= 15 is 0 Å². The van der Waals surface area contributed by atoms with Crippen LogP contribution in [0.25, 0.3) is 0 Å². The van der Waals surface area contributed by atoms with Crippen LogP contribution in [0, 0.1) is 11.8 Å². The second-order valence-electron chi connectivity index (χ2n) is 4.75. The van der Waals surface area contributed by atoms with E-state index in [0.717, 1.165) is 11.8 Å². The Bertz CT molecular complexity index is 273. The first-order valence-electron chi connectivity index (χ1n) is 5.96. The summed E-state index contributed by atoms with van der Waals surface area (Å²) in [5.74, 6) is 1.66. The normalized spacial score (nSPS) is 28.3. The molecule has 1 aliphatic carbocycles. The minimum atomic E-state index is 0.121. The van der Waals surface area contributed by atoms with Crippen LogP contribution in [-0.4, -0.2) is 5.78 Å². The Balaban J connectivity index is 2.57. The molecular weight excluding hydrogens is 184 g/mol. The highest BCUT2D eigenvalue weighted by Gasteiger charge is 2.21. The van der Waals surface area contributed by atoms with E-state index in [1.54, 1.807) is 13.0 Å². The van der Waals surface area contributed by atoms with Crippen molar-refractivity contribution in [3.05, 3.63) is 23.8 Å². The lowest BCUT2D eigenvalue weighted by Gasteiger charge is -2.29. The van der Waals surface area contributed by atoms with Gasteiger partial charge in [0, 0.05) is 0 Å². The van der Waals surface area contributed by atoms with Gasteiger partial charge in [0.05, 0.1) is 0 Å². The van der Waals surface area contributed by atoms with E-state index in [-0.39, 0.29) is 5.78 Å². The summed E-state index contributed by atoms with van der Waals surface area (Å²) < 4.78 is 0. The molecule has 0 amide bonds. The fourth-order valence-electron chi connectivity index (χ4n) is 2.45. The van der Waals surface area contributed by atoms with Gasteiger partial charge in [-0.1, -0.05) is 43.9 Å². The molecular formula is C14H22O. The minimum Gasteiger partial charge on any atom is -0.295 e. The topological polar surface area (TPSA) is 17.1 Å². The van der Waals surface area contributed by atoms with Crippen LogP contribution >= 0.6 is 0 Å². The second-order valence-corrected chi connectivity index (χ2v) is 4.75. The van der Waals surface area contributed by atoms with Crippen molar-refractivity contribution >= 4 is 5.78 Å². The predicted octanol–water partition coefficient (Wildman–Crippen LogP) is 3.90. The molecule has 0 aromatic carbocycles. The van der Waals surface area contributed by atoms with Crippen LogP contribution in [0.15, 0.2) is 23.8 Å². The number of rotatable bonds is 3. The number of hydrogen-bond acceptors (Lipinski definition) is 1. The highest BCUT2D eigenvalue weighted by atomic mass is 16.1. The Morgan fingerprint density at radius 1 is 1.20 bits per heavy atom. The van der Waals surface area contributed by atoms with Crippen molar-refractivity contribution in [3.63, 3.8) is 0 Å². The van der Waals surface area contributed by atoms with Gasteiger partial charge in [-0.25, -0.2) is 0 Å². The molecule has 1 fully saturated rings. The number of hydrogen-bond donors (Lipinski definition) is 0. The molecule has 2 unspecified atom stereocenters. The molecule has 0 spiro atoms. The van der Waals surface area contributed by atoms with Crippen molar-refractivity contribution in [1.29, 1.82) is 0 Å². The van der Waals surface area contributed by atoms with Crippen LogP contribution in [0.3, 0.4) is 0 Å². The van der Waals surface area contributed by atoms with Gasteiger partial charge in [-0.3, -0.25) is 4.79 Å². The number of carbonyl (C=O) groups excluding carboxylic acids is 1. The van der Waals surface area contributed by atoms with Gasteiger partial charge in [-0.15, -0.1) is 0 Å². The van der Waals surface area contributed by atoms with Crippen LogP contribution < -0.4 is 0 Å². The molecule has 0 aliphatic heterocycles. The van der Waals surface area contributed by atoms with E-state index in [1.807, 2.05) is 6.08 Å². The Labute approximate surface area is 93.3 Å². The number of ketones is 1. The Morgan fingerprint density at radius 3 is 2.47 bits per heavy atom. The molecule has 0 saturated heterocycles. The van der Waals surface area contributed by atoms with E-state index < -0.39 is 0 Å². The summed E-state index contributed by atoms with van der Waals surface area (Å²) in [4.78, 5) is 10.7. The molecule has 15 heavy (non-hydrogen) atoms. The van der Waals surface area contributed by atoms with Crippen LogP contribution in [0.4, 0.5) is 0 Å². The molecule has 0 aromatic heterocycles. The first kappa shape index (κ1) is 12.2. The lowest BCUT2D eigenvalue weighted by atomic mass is 9.76. The summed E-state index contributed by atoms with van der Waals surface area (Å²) in [7, 11) is 0. The lowest BCUT2D eigenvalue weighted by molar-refractivity contribution is -0.112. The largest absolute Gasteiger partial charge is 0.295 e. The maximum absolute atomic E-state index is 10.7. The quantitative estimate of drug-likeness (QED) is 0.505. The second kappa shape index (κ2) is 5.89. The average molecular weight is 206 g/mol. The SMILES string of the molecule is CC(=O)C=CC=C(C)C1CCCCC1C. The molecule has 1 heteroatoms. The summed E-state index contributed by atoms with van der Waals surface area (Å²) in [5.41, 5.74) is 1.43. The van der Waals surface area contributed by atoms with Gasteiger partial charge in [0.1, 0.15) is 0 Å². The van der Waals surface area contributed by atoms with Crippen molar-refractivity contribution < 1.29 is 4.79 Å². The third-order valence-corrected chi connectivity index (χ3v) is 3.39. The summed E-state index contributed by atoms with van der Waals surface area (Å²) in [6, 6.07) is 0. The van der Waals surface area contributed by atoms with E-state index in [2.05, 4.69) is 19.9 Å². The zero-order chi connectivity index (χ0) is 11.3. The fourth-order valence-corrected chi connectivity index (χ4v) is 2.45. The van der Waals surface area contributed by atoms with Gasteiger partial charge in [-0.2, -0.15) is 0 Å². The van der Waals surface area contributed by atoms with Gasteiger partial charge in [0.2, 0.25) is 0 Å². The van der Waals surface area contributed by atoms with E-state index in [0.29, 0.717) is 0 Å². The summed E-state index contributed by atoms with van der Waals surface area (Å²) >= 11 is 0. The first-order valence-corrected chi connectivity index (χ1v) is 5.96. The molecule has 2 atom stereocenters. The lowest BCUT2D eigenvalue weighted by Crippen LogP contribution is -2.17. The molecule has 0 N–H and O–H groups in total. The molecule has 1 nitrogen and oxygen atoms in total. The number of allylic oxidation sites excluding steroid dienone is 4. The predicted molar refractivity (Wildman–Crippen MR) is 64.7 cm³/mol. The van der Waals surface area contributed by atoms with Gasteiger partial charge in [0.15, 0.2) is 5.78 Å². The van der Waals surface area contributed by atoms with Crippen molar-refractivity contribution in [1.82, 2.24) is 0 Å². The van der Waals surface area contributed by atoms with E-state index in [4.69, 9.17) is 0 Å². The zero-order valence-electron chi connectivity index (χ0n) is 10.1. The molecule has 0 radical (unpaired) electrons. The minimum absolute atomic E-state index is 0.121. The summed E-state index contributed by atoms with van der Waals surface area (Å²) in [6.07, 6.45) is 11.0. The van der Waals surface area contributed by atoms with Gasteiger partial charge in [0.25, 0.3) is 0 Å². The van der Waals surface area contributed by atoms with Crippen LogP contribution in [0.5, 0.6) is 0 Å². The maximum Gasteiger partial charge on any atom is 0.152 e. The molecule has 0 bridgehead atoms. The fraction of sp³-hybridized carbons (Fsp3) is 0.643. The van der Waals surface area contributed by atoms with Gasteiger partial charge >= 0.3 is 0 Å². The first-order chi connectivity index (χ1) is 7.11. The Hall–Kier alpha value is -0.850. The molecule has 1 aliphatic rings. The van der Waals surface area contributed by atoms with Gasteiger partial charge in [-0.05, 0) is 38.2 Å². The standard InChI is InChI=1S/C14H22O/c1-11-7-4-5-10-14(11)12(2)8-6-9-13(3)15/h6,8-9,11,14H,4-5,7,10H2,1-3H3.